The van der Waals surface area contributed by atoms with Crippen LogP contribution in [0.3, 0.4) is 0 Å². The predicted molar refractivity (Wildman–Crippen MR) is 161 cm³/mol. The largest absolute Gasteiger partial charge is 0.497 e. The Hall–Kier alpha value is -4.52. The summed E-state index contributed by atoms with van der Waals surface area (Å²) in [6.45, 7) is 5.45. The van der Waals surface area contributed by atoms with Gasteiger partial charge < -0.3 is 23.8 Å². The molecule has 1 unspecified atom stereocenters. The molecule has 0 radical (unpaired) electrons. The molecular weight excluding hydrogens is 514 g/mol. The van der Waals surface area contributed by atoms with E-state index in [0.29, 0.717) is 30.9 Å². The fourth-order valence-electron chi connectivity index (χ4n) is 4.82. The zero-order valence-corrected chi connectivity index (χ0v) is 24.3. The molecule has 0 spiro atoms. The van der Waals surface area contributed by atoms with E-state index in [4.69, 9.17) is 9.47 Å². The Kier molecular flexibility index (Phi) is 10.2. The molecule has 0 aliphatic heterocycles. The van der Waals surface area contributed by atoms with Gasteiger partial charge in [-0.25, -0.2) is 0 Å². The molecule has 1 atom stereocenters. The topological polar surface area (TPSA) is 64.0 Å². The number of carbonyl (C=O) groups is 2. The maximum atomic E-state index is 14.0. The predicted octanol–water partition coefficient (Wildman–Crippen LogP) is 6.02. The first kappa shape index (κ1) is 29.5. The molecule has 7 nitrogen and oxygen atoms in total. The monoisotopic (exact) mass is 553 g/mol. The van der Waals surface area contributed by atoms with Crippen molar-refractivity contribution in [2.75, 3.05) is 20.8 Å². The molecule has 3 aromatic carbocycles. The van der Waals surface area contributed by atoms with Gasteiger partial charge in [0.15, 0.2) is 0 Å². The van der Waals surface area contributed by atoms with Crippen LogP contribution < -0.4 is 9.47 Å². The Labute approximate surface area is 242 Å². The average Bonchev–Trinajstić information content (AvgIpc) is 3.45. The third-order valence-corrected chi connectivity index (χ3v) is 7.36. The summed E-state index contributed by atoms with van der Waals surface area (Å²) in [5.41, 5.74) is 3.58. The van der Waals surface area contributed by atoms with E-state index in [-0.39, 0.29) is 24.4 Å². The number of carbonyl (C=O) groups excluding carboxylic acids is 2. The highest BCUT2D eigenvalue weighted by atomic mass is 16.5. The van der Waals surface area contributed by atoms with Crippen molar-refractivity contribution in [3.63, 3.8) is 0 Å². The minimum Gasteiger partial charge on any atom is -0.497 e. The first-order chi connectivity index (χ1) is 19.9. The van der Waals surface area contributed by atoms with Crippen LogP contribution in [-0.2, 0) is 24.4 Å². The van der Waals surface area contributed by atoms with Crippen LogP contribution in [0.1, 0.15) is 47.4 Å². The van der Waals surface area contributed by atoms with Crippen LogP contribution in [0.25, 0.3) is 0 Å². The molecule has 0 saturated carbocycles. The van der Waals surface area contributed by atoms with E-state index < -0.39 is 0 Å². The number of ether oxygens (including phenoxy) is 2. The quantitative estimate of drug-likeness (QED) is 0.203. The van der Waals surface area contributed by atoms with Gasteiger partial charge in [0, 0.05) is 31.0 Å². The molecule has 0 saturated heterocycles. The Morgan fingerprint density at radius 2 is 1.56 bits per heavy atom. The number of nitrogens with zero attached hydrogens (tertiary/aromatic N) is 3. The first-order valence-corrected chi connectivity index (χ1v) is 14.0. The standard InChI is InChI=1S/C34H39N3O4/c1-5-26(2)37(34(39)31-18-9-10-19-32(31)41-4)25-33(38)36(22-27-13-7-6-8-14-27)24-29-16-12-20-35(29)23-28-15-11-17-30(21-28)40-3/h6-21,26H,5,22-25H2,1-4H3. The lowest BCUT2D eigenvalue weighted by atomic mass is 10.1. The van der Waals surface area contributed by atoms with Gasteiger partial charge in [-0.3, -0.25) is 9.59 Å². The summed E-state index contributed by atoms with van der Waals surface area (Å²) in [6.07, 6.45) is 2.74. The molecule has 0 fully saturated rings. The van der Waals surface area contributed by atoms with Crippen LogP contribution in [0, 0.1) is 0 Å². The fraction of sp³-hybridized carbons (Fsp3) is 0.294. The summed E-state index contributed by atoms with van der Waals surface area (Å²) in [7, 11) is 3.21. The lowest BCUT2D eigenvalue weighted by molar-refractivity contribution is -0.133. The summed E-state index contributed by atoms with van der Waals surface area (Å²) >= 11 is 0. The van der Waals surface area contributed by atoms with Crippen molar-refractivity contribution in [3.05, 3.63) is 120 Å². The zero-order valence-electron chi connectivity index (χ0n) is 24.3. The number of hydrogen-bond acceptors (Lipinski definition) is 4. The van der Waals surface area contributed by atoms with Crippen molar-refractivity contribution in [1.29, 1.82) is 0 Å². The van der Waals surface area contributed by atoms with E-state index in [1.54, 1.807) is 31.3 Å². The lowest BCUT2D eigenvalue weighted by Crippen LogP contribution is -2.46. The van der Waals surface area contributed by atoms with Crippen molar-refractivity contribution in [3.8, 4) is 11.5 Å². The molecule has 1 heterocycles. The normalized spacial score (nSPS) is 11.5. The van der Waals surface area contributed by atoms with Gasteiger partial charge in [0.25, 0.3) is 5.91 Å². The van der Waals surface area contributed by atoms with Crippen molar-refractivity contribution in [1.82, 2.24) is 14.4 Å². The SMILES string of the molecule is CCC(C)N(CC(=O)N(Cc1ccccc1)Cc1cccn1Cc1cccc(OC)c1)C(=O)c1ccccc1OC. The minimum absolute atomic E-state index is 0.0324. The molecule has 214 valence electrons. The summed E-state index contributed by atoms with van der Waals surface area (Å²) in [6, 6.07) is 29.0. The molecule has 0 aliphatic carbocycles. The Balaban J connectivity index is 1.60. The summed E-state index contributed by atoms with van der Waals surface area (Å²) < 4.78 is 13.0. The van der Waals surface area contributed by atoms with Crippen molar-refractivity contribution in [2.45, 2.75) is 45.9 Å². The van der Waals surface area contributed by atoms with Gasteiger partial charge in [0.2, 0.25) is 5.91 Å². The van der Waals surface area contributed by atoms with Crippen molar-refractivity contribution >= 4 is 11.8 Å². The van der Waals surface area contributed by atoms with E-state index in [0.717, 1.165) is 29.0 Å². The fourth-order valence-corrected chi connectivity index (χ4v) is 4.82. The smallest absolute Gasteiger partial charge is 0.258 e. The van der Waals surface area contributed by atoms with Crippen molar-refractivity contribution < 1.29 is 19.1 Å². The molecule has 2 amide bonds. The summed E-state index contributed by atoms with van der Waals surface area (Å²) in [4.78, 5) is 31.2. The molecular formula is C34H39N3O4. The Morgan fingerprint density at radius 3 is 2.29 bits per heavy atom. The van der Waals surface area contributed by atoms with Gasteiger partial charge in [0.05, 0.1) is 26.3 Å². The number of rotatable bonds is 13. The van der Waals surface area contributed by atoms with Gasteiger partial charge in [-0.2, -0.15) is 0 Å². The second kappa shape index (κ2) is 14.2. The second-order valence-corrected chi connectivity index (χ2v) is 10.1. The van der Waals surface area contributed by atoms with Crippen LogP contribution in [0.2, 0.25) is 0 Å². The maximum Gasteiger partial charge on any atom is 0.258 e. The van der Waals surface area contributed by atoms with Crippen LogP contribution in [0.4, 0.5) is 0 Å². The van der Waals surface area contributed by atoms with E-state index >= 15 is 0 Å². The van der Waals surface area contributed by atoms with Crippen LogP contribution in [-0.4, -0.2) is 53.0 Å². The first-order valence-electron chi connectivity index (χ1n) is 14.0. The van der Waals surface area contributed by atoms with Crippen molar-refractivity contribution in [2.24, 2.45) is 0 Å². The molecule has 0 aliphatic rings. The summed E-state index contributed by atoms with van der Waals surface area (Å²) in [5, 5.41) is 0. The van der Waals surface area contributed by atoms with Crippen LogP contribution >= 0.6 is 0 Å². The second-order valence-electron chi connectivity index (χ2n) is 10.1. The van der Waals surface area contributed by atoms with E-state index in [1.807, 2.05) is 97.7 Å². The molecule has 0 bridgehead atoms. The number of aromatic nitrogens is 1. The molecule has 41 heavy (non-hydrogen) atoms. The van der Waals surface area contributed by atoms with E-state index in [2.05, 4.69) is 10.6 Å². The van der Waals surface area contributed by atoms with Gasteiger partial charge in [0.1, 0.15) is 18.0 Å². The number of amides is 2. The molecule has 7 heteroatoms. The molecule has 4 aromatic rings. The van der Waals surface area contributed by atoms with E-state index in [1.165, 1.54) is 0 Å². The van der Waals surface area contributed by atoms with Crippen LogP contribution in [0.15, 0.2) is 97.2 Å². The number of methoxy groups -OCH3 is 2. The summed E-state index contributed by atoms with van der Waals surface area (Å²) in [5.74, 6) is 0.967. The maximum absolute atomic E-state index is 14.0. The highest BCUT2D eigenvalue weighted by Crippen LogP contribution is 2.22. The average molecular weight is 554 g/mol. The van der Waals surface area contributed by atoms with Gasteiger partial charge in [-0.05, 0) is 60.9 Å². The number of para-hydroxylation sites is 1. The highest BCUT2D eigenvalue weighted by molar-refractivity contribution is 5.99. The third kappa shape index (κ3) is 7.57. The van der Waals surface area contributed by atoms with Crippen LogP contribution in [0.5, 0.6) is 11.5 Å². The number of hydrogen-bond donors (Lipinski definition) is 0. The number of benzene rings is 3. The molecule has 4 rings (SSSR count). The van der Waals surface area contributed by atoms with E-state index in [9.17, 15) is 9.59 Å². The van der Waals surface area contributed by atoms with Gasteiger partial charge in [-0.1, -0.05) is 61.5 Å². The minimum atomic E-state index is -0.216. The zero-order chi connectivity index (χ0) is 29.2. The molecule has 1 aromatic heterocycles. The molecule has 0 N–H and O–H groups in total. The van der Waals surface area contributed by atoms with Gasteiger partial charge in [-0.15, -0.1) is 0 Å². The third-order valence-electron chi connectivity index (χ3n) is 7.36. The lowest BCUT2D eigenvalue weighted by Gasteiger charge is -2.32. The highest BCUT2D eigenvalue weighted by Gasteiger charge is 2.28. The Bertz CT molecular complexity index is 1430. The Morgan fingerprint density at radius 1 is 0.829 bits per heavy atom. The van der Waals surface area contributed by atoms with Gasteiger partial charge >= 0.3 is 0 Å².